The molecular weight excluding hydrogens is 322 g/mol. The lowest BCUT2D eigenvalue weighted by molar-refractivity contribution is 0.0527. The van der Waals surface area contributed by atoms with E-state index in [0.717, 1.165) is 11.4 Å². The predicted molar refractivity (Wildman–Crippen MR) is 94.6 cm³/mol. The molecule has 0 spiro atoms. The SMILES string of the molecule is CCOC(=O)c1cnc2[nH]c(=O)ccc2c1Nc1ccc(OC)cc1. The van der Waals surface area contributed by atoms with Gasteiger partial charge in [-0.3, -0.25) is 4.79 Å². The molecule has 2 N–H and O–H groups in total. The number of hydrogen-bond acceptors (Lipinski definition) is 6. The Morgan fingerprint density at radius 1 is 1.20 bits per heavy atom. The molecule has 0 aliphatic rings. The molecule has 128 valence electrons. The zero-order valence-electron chi connectivity index (χ0n) is 13.8. The van der Waals surface area contributed by atoms with Gasteiger partial charge >= 0.3 is 5.97 Å². The van der Waals surface area contributed by atoms with E-state index in [1.807, 2.05) is 12.1 Å². The second-order valence-corrected chi connectivity index (χ2v) is 5.21. The average Bonchev–Trinajstić information content (AvgIpc) is 2.62. The predicted octanol–water partition coefficient (Wildman–Crippen LogP) is 2.85. The minimum Gasteiger partial charge on any atom is -0.497 e. The van der Waals surface area contributed by atoms with Gasteiger partial charge in [0.25, 0.3) is 0 Å². The van der Waals surface area contributed by atoms with Gasteiger partial charge in [0, 0.05) is 23.3 Å². The standard InChI is InChI=1S/C18H17N3O4/c1-3-25-18(23)14-10-19-17-13(8-9-15(22)21-17)16(14)20-11-4-6-12(24-2)7-5-11/h4-10H,3H2,1-2H3,(H2,19,20,21,22). The van der Waals surface area contributed by atoms with Crippen LogP contribution in [0.2, 0.25) is 0 Å². The Balaban J connectivity index is 2.12. The van der Waals surface area contributed by atoms with E-state index >= 15 is 0 Å². The summed E-state index contributed by atoms with van der Waals surface area (Å²) in [6.07, 6.45) is 1.39. The Bertz CT molecular complexity index is 964. The van der Waals surface area contributed by atoms with E-state index in [1.54, 1.807) is 32.2 Å². The highest BCUT2D eigenvalue weighted by Gasteiger charge is 2.17. The van der Waals surface area contributed by atoms with Gasteiger partial charge in [0.05, 0.1) is 19.4 Å². The van der Waals surface area contributed by atoms with Crippen LogP contribution in [-0.2, 0) is 4.74 Å². The highest BCUT2D eigenvalue weighted by molar-refractivity contribution is 6.05. The van der Waals surface area contributed by atoms with Gasteiger partial charge in [-0.15, -0.1) is 0 Å². The first-order valence-corrected chi connectivity index (χ1v) is 7.72. The van der Waals surface area contributed by atoms with Gasteiger partial charge in [0.1, 0.15) is 17.0 Å². The number of aromatic amines is 1. The van der Waals surface area contributed by atoms with Crippen molar-refractivity contribution >= 4 is 28.4 Å². The minimum absolute atomic E-state index is 0.254. The molecule has 0 aliphatic heterocycles. The van der Waals surface area contributed by atoms with Crippen LogP contribution in [0.5, 0.6) is 5.75 Å². The Morgan fingerprint density at radius 2 is 1.96 bits per heavy atom. The Hall–Kier alpha value is -3.35. The second kappa shape index (κ2) is 7.04. The van der Waals surface area contributed by atoms with Gasteiger partial charge in [-0.05, 0) is 37.3 Å². The van der Waals surface area contributed by atoms with Crippen molar-refractivity contribution in [2.45, 2.75) is 6.92 Å². The van der Waals surface area contributed by atoms with Crippen LogP contribution >= 0.6 is 0 Å². The summed E-state index contributed by atoms with van der Waals surface area (Å²) in [5, 5.41) is 3.82. The topological polar surface area (TPSA) is 93.3 Å². The normalized spacial score (nSPS) is 10.5. The number of fused-ring (bicyclic) bond motifs is 1. The fourth-order valence-electron chi connectivity index (χ4n) is 2.42. The lowest BCUT2D eigenvalue weighted by Crippen LogP contribution is -2.11. The lowest BCUT2D eigenvalue weighted by Gasteiger charge is -2.14. The number of carbonyl (C=O) groups is 1. The van der Waals surface area contributed by atoms with Crippen LogP contribution in [0, 0.1) is 0 Å². The quantitative estimate of drug-likeness (QED) is 0.694. The van der Waals surface area contributed by atoms with E-state index in [-0.39, 0.29) is 17.7 Å². The summed E-state index contributed by atoms with van der Waals surface area (Å²) >= 11 is 0. The van der Waals surface area contributed by atoms with Crippen molar-refractivity contribution in [3.05, 3.63) is 58.5 Å². The first-order chi connectivity index (χ1) is 12.1. The van der Waals surface area contributed by atoms with Gasteiger partial charge in [-0.1, -0.05) is 0 Å². The molecule has 0 atom stereocenters. The molecule has 1 aromatic carbocycles. The second-order valence-electron chi connectivity index (χ2n) is 5.21. The van der Waals surface area contributed by atoms with E-state index < -0.39 is 5.97 Å². The molecule has 0 amide bonds. The van der Waals surface area contributed by atoms with E-state index in [1.165, 1.54) is 12.3 Å². The number of esters is 1. The number of aromatic nitrogens is 2. The van der Waals surface area contributed by atoms with Crippen LogP contribution in [0.15, 0.2) is 47.4 Å². The van der Waals surface area contributed by atoms with Crippen molar-refractivity contribution in [3.63, 3.8) is 0 Å². The summed E-state index contributed by atoms with van der Waals surface area (Å²) in [5.74, 6) is 0.235. The Morgan fingerprint density at radius 3 is 2.64 bits per heavy atom. The number of nitrogens with one attached hydrogen (secondary N) is 2. The number of nitrogens with zero attached hydrogens (tertiary/aromatic N) is 1. The number of hydrogen-bond donors (Lipinski definition) is 2. The molecule has 0 radical (unpaired) electrons. The summed E-state index contributed by atoms with van der Waals surface area (Å²) in [6, 6.07) is 10.3. The molecule has 0 aliphatic carbocycles. The molecule has 0 bridgehead atoms. The molecule has 0 saturated carbocycles. The zero-order valence-corrected chi connectivity index (χ0v) is 13.8. The van der Waals surface area contributed by atoms with Crippen molar-refractivity contribution in [2.24, 2.45) is 0 Å². The van der Waals surface area contributed by atoms with Crippen molar-refractivity contribution in [1.82, 2.24) is 9.97 Å². The van der Waals surface area contributed by atoms with Gasteiger partial charge in [0.15, 0.2) is 0 Å². The average molecular weight is 339 g/mol. The molecule has 2 aromatic heterocycles. The number of benzene rings is 1. The van der Waals surface area contributed by atoms with Crippen LogP contribution in [0.1, 0.15) is 17.3 Å². The van der Waals surface area contributed by atoms with Crippen molar-refractivity contribution in [3.8, 4) is 5.75 Å². The van der Waals surface area contributed by atoms with Gasteiger partial charge in [0.2, 0.25) is 5.56 Å². The molecule has 2 heterocycles. The molecule has 7 nitrogen and oxygen atoms in total. The summed E-state index contributed by atoms with van der Waals surface area (Å²) < 4.78 is 10.2. The van der Waals surface area contributed by atoms with E-state index in [0.29, 0.717) is 16.7 Å². The van der Waals surface area contributed by atoms with E-state index in [4.69, 9.17) is 9.47 Å². The smallest absolute Gasteiger partial charge is 0.341 e. The largest absolute Gasteiger partial charge is 0.497 e. The third-order valence-electron chi connectivity index (χ3n) is 3.61. The molecule has 3 aromatic rings. The molecule has 7 heteroatoms. The maximum absolute atomic E-state index is 12.3. The van der Waals surface area contributed by atoms with Gasteiger partial charge < -0.3 is 19.8 Å². The van der Waals surface area contributed by atoms with Crippen molar-refractivity contribution in [2.75, 3.05) is 19.0 Å². The van der Waals surface area contributed by atoms with E-state index in [9.17, 15) is 9.59 Å². The lowest BCUT2D eigenvalue weighted by atomic mass is 10.1. The molecule has 25 heavy (non-hydrogen) atoms. The highest BCUT2D eigenvalue weighted by Crippen LogP contribution is 2.29. The van der Waals surface area contributed by atoms with Crippen LogP contribution in [0.25, 0.3) is 11.0 Å². The molecule has 0 fully saturated rings. The Labute approximate surface area is 143 Å². The summed E-state index contributed by atoms with van der Waals surface area (Å²) in [6.45, 7) is 1.99. The molecular formula is C18H17N3O4. The fraction of sp³-hybridized carbons (Fsp3) is 0.167. The highest BCUT2D eigenvalue weighted by atomic mass is 16.5. The molecule has 3 rings (SSSR count). The van der Waals surface area contributed by atoms with Crippen LogP contribution in [-0.4, -0.2) is 29.7 Å². The summed E-state index contributed by atoms with van der Waals surface area (Å²) in [7, 11) is 1.59. The fourth-order valence-corrected chi connectivity index (χ4v) is 2.42. The number of anilines is 2. The number of ether oxygens (including phenoxy) is 2. The number of pyridine rings is 2. The maximum atomic E-state index is 12.3. The van der Waals surface area contributed by atoms with Crippen molar-refractivity contribution in [1.29, 1.82) is 0 Å². The van der Waals surface area contributed by atoms with Crippen molar-refractivity contribution < 1.29 is 14.3 Å². The summed E-state index contributed by atoms with van der Waals surface area (Å²) in [5.41, 5.74) is 1.68. The maximum Gasteiger partial charge on any atom is 0.341 e. The van der Waals surface area contributed by atoms with Gasteiger partial charge in [-0.25, -0.2) is 9.78 Å². The summed E-state index contributed by atoms with van der Waals surface area (Å²) in [4.78, 5) is 30.6. The number of rotatable bonds is 5. The first kappa shape index (κ1) is 16.5. The monoisotopic (exact) mass is 339 g/mol. The van der Waals surface area contributed by atoms with Crippen LogP contribution in [0.3, 0.4) is 0 Å². The molecule has 0 saturated heterocycles. The Kier molecular flexibility index (Phi) is 4.65. The first-order valence-electron chi connectivity index (χ1n) is 7.72. The minimum atomic E-state index is -0.487. The third-order valence-corrected chi connectivity index (χ3v) is 3.61. The van der Waals surface area contributed by atoms with Crippen LogP contribution in [0.4, 0.5) is 11.4 Å². The number of H-pyrrole nitrogens is 1. The number of methoxy groups -OCH3 is 1. The number of carbonyl (C=O) groups excluding carboxylic acids is 1. The van der Waals surface area contributed by atoms with E-state index in [2.05, 4.69) is 15.3 Å². The third kappa shape index (κ3) is 3.45. The zero-order chi connectivity index (χ0) is 17.8. The van der Waals surface area contributed by atoms with Crippen LogP contribution < -0.4 is 15.6 Å². The molecule has 0 unspecified atom stereocenters. The van der Waals surface area contributed by atoms with Gasteiger partial charge in [-0.2, -0.15) is 0 Å².